The number of rotatable bonds is 6. The topological polar surface area (TPSA) is 80.4 Å². The van der Waals surface area contributed by atoms with E-state index < -0.39 is 0 Å². The molecule has 0 saturated carbocycles. The zero-order valence-corrected chi connectivity index (χ0v) is 18.8. The van der Waals surface area contributed by atoms with Gasteiger partial charge in [0.1, 0.15) is 11.4 Å². The Hall–Kier alpha value is -3.35. The van der Waals surface area contributed by atoms with Crippen LogP contribution in [0.2, 0.25) is 0 Å². The normalized spacial score (nSPS) is 15.7. The van der Waals surface area contributed by atoms with Crippen molar-refractivity contribution in [2.24, 2.45) is 11.8 Å². The van der Waals surface area contributed by atoms with Crippen molar-refractivity contribution in [1.29, 1.82) is 0 Å². The molecule has 32 heavy (non-hydrogen) atoms. The molecule has 1 aliphatic heterocycles. The van der Waals surface area contributed by atoms with Crippen molar-refractivity contribution in [3.05, 3.63) is 60.5 Å². The van der Waals surface area contributed by atoms with Crippen LogP contribution in [0.15, 0.2) is 59.2 Å². The van der Waals surface area contributed by atoms with Crippen LogP contribution in [0, 0.1) is 11.8 Å². The van der Waals surface area contributed by atoms with E-state index in [1.165, 1.54) is 0 Å². The number of amides is 2. The third-order valence-corrected chi connectivity index (χ3v) is 6.23. The fourth-order valence-electron chi connectivity index (χ4n) is 3.86. The third-order valence-electron chi connectivity index (χ3n) is 6.23. The summed E-state index contributed by atoms with van der Waals surface area (Å²) in [7, 11) is 0. The highest BCUT2D eigenvalue weighted by Crippen LogP contribution is 2.25. The number of likely N-dealkylation sites (tertiary alicyclic amines) is 1. The summed E-state index contributed by atoms with van der Waals surface area (Å²) in [4.78, 5) is 27.9. The summed E-state index contributed by atoms with van der Waals surface area (Å²) in [6.07, 6.45) is 2.91. The van der Waals surface area contributed by atoms with E-state index >= 15 is 0 Å². The van der Waals surface area contributed by atoms with Crippen LogP contribution in [-0.4, -0.2) is 45.6 Å². The Morgan fingerprint density at radius 3 is 2.41 bits per heavy atom. The Morgan fingerprint density at radius 2 is 1.78 bits per heavy atom. The quantitative estimate of drug-likeness (QED) is 0.632. The molecule has 1 N–H and O–H groups in total. The lowest BCUT2D eigenvalue weighted by Crippen LogP contribution is -2.46. The summed E-state index contributed by atoms with van der Waals surface area (Å²) in [6, 6.07) is 15.1. The fourth-order valence-corrected chi connectivity index (χ4v) is 3.86. The Morgan fingerprint density at radius 1 is 1.06 bits per heavy atom. The molecule has 4 rings (SSSR count). The van der Waals surface area contributed by atoms with Crippen LogP contribution in [0.3, 0.4) is 0 Å². The van der Waals surface area contributed by atoms with Gasteiger partial charge in [0.2, 0.25) is 5.91 Å². The van der Waals surface area contributed by atoms with Crippen molar-refractivity contribution >= 4 is 11.8 Å². The largest absolute Gasteiger partial charge is 0.463 e. The van der Waals surface area contributed by atoms with E-state index in [1.807, 2.05) is 48.2 Å². The van der Waals surface area contributed by atoms with Gasteiger partial charge in [-0.05, 0) is 49.9 Å². The van der Waals surface area contributed by atoms with Crippen LogP contribution in [-0.2, 0) is 4.79 Å². The summed E-state index contributed by atoms with van der Waals surface area (Å²) in [6.45, 7) is 7.31. The second kappa shape index (κ2) is 9.42. The molecule has 1 aromatic carbocycles. The SMILES string of the molecule is CC(C)C(C)NC(=O)C1CCN(C(=O)c2cc(-c3ccco3)nn2-c2ccccc2)CC1. The summed E-state index contributed by atoms with van der Waals surface area (Å²) in [5.41, 5.74) is 1.91. The molecular weight excluding hydrogens is 404 g/mol. The molecule has 2 amide bonds. The average molecular weight is 435 g/mol. The molecule has 168 valence electrons. The summed E-state index contributed by atoms with van der Waals surface area (Å²) in [5, 5.41) is 7.75. The highest BCUT2D eigenvalue weighted by molar-refractivity contribution is 5.94. The highest BCUT2D eigenvalue weighted by atomic mass is 16.3. The van der Waals surface area contributed by atoms with E-state index in [1.54, 1.807) is 23.1 Å². The lowest BCUT2D eigenvalue weighted by molar-refractivity contribution is -0.127. The first-order valence-corrected chi connectivity index (χ1v) is 11.2. The lowest BCUT2D eigenvalue weighted by atomic mass is 9.94. The number of carbonyl (C=O) groups excluding carboxylic acids is 2. The number of nitrogens with zero attached hydrogens (tertiary/aromatic N) is 3. The second-order valence-corrected chi connectivity index (χ2v) is 8.75. The smallest absolute Gasteiger partial charge is 0.272 e. The molecule has 1 saturated heterocycles. The van der Waals surface area contributed by atoms with E-state index in [-0.39, 0.29) is 23.8 Å². The predicted octanol–water partition coefficient (Wildman–Crippen LogP) is 4.15. The van der Waals surface area contributed by atoms with E-state index in [9.17, 15) is 9.59 Å². The number of nitrogens with one attached hydrogen (secondary N) is 1. The monoisotopic (exact) mass is 434 g/mol. The van der Waals surface area contributed by atoms with Gasteiger partial charge < -0.3 is 14.6 Å². The van der Waals surface area contributed by atoms with Crippen LogP contribution in [0.5, 0.6) is 0 Å². The number of para-hydroxylation sites is 1. The first-order valence-electron chi connectivity index (χ1n) is 11.2. The molecule has 2 aromatic heterocycles. The number of hydrogen-bond acceptors (Lipinski definition) is 4. The van der Waals surface area contributed by atoms with Gasteiger partial charge in [-0.2, -0.15) is 5.10 Å². The maximum Gasteiger partial charge on any atom is 0.272 e. The van der Waals surface area contributed by atoms with Crippen molar-refractivity contribution in [2.45, 2.75) is 39.7 Å². The number of piperidine rings is 1. The van der Waals surface area contributed by atoms with Crippen LogP contribution in [0.1, 0.15) is 44.1 Å². The van der Waals surface area contributed by atoms with Gasteiger partial charge in [0.05, 0.1) is 12.0 Å². The minimum Gasteiger partial charge on any atom is -0.463 e. The van der Waals surface area contributed by atoms with Crippen molar-refractivity contribution < 1.29 is 14.0 Å². The van der Waals surface area contributed by atoms with Crippen LogP contribution < -0.4 is 5.32 Å². The molecule has 3 aromatic rings. The molecule has 0 aliphatic carbocycles. The zero-order chi connectivity index (χ0) is 22.7. The first-order chi connectivity index (χ1) is 15.4. The van der Waals surface area contributed by atoms with Gasteiger partial charge in [0.15, 0.2) is 5.76 Å². The van der Waals surface area contributed by atoms with Gasteiger partial charge in [0.25, 0.3) is 5.91 Å². The molecular formula is C25H30N4O3. The molecule has 0 spiro atoms. The number of aromatic nitrogens is 2. The van der Waals surface area contributed by atoms with Crippen molar-refractivity contribution in [3.63, 3.8) is 0 Å². The molecule has 1 fully saturated rings. The summed E-state index contributed by atoms with van der Waals surface area (Å²) >= 11 is 0. The number of furan rings is 1. The molecule has 0 radical (unpaired) electrons. The minimum absolute atomic E-state index is 0.0574. The molecule has 1 aliphatic rings. The van der Waals surface area contributed by atoms with Gasteiger partial charge in [-0.1, -0.05) is 32.0 Å². The summed E-state index contributed by atoms with van der Waals surface area (Å²) in [5.74, 6) is 0.949. The van der Waals surface area contributed by atoms with Gasteiger partial charge in [0, 0.05) is 31.1 Å². The number of carbonyl (C=O) groups is 2. The molecule has 1 atom stereocenters. The average Bonchev–Trinajstić information content (AvgIpc) is 3.49. The van der Waals surface area contributed by atoms with Gasteiger partial charge in [-0.25, -0.2) is 4.68 Å². The molecule has 7 heteroatoms. The third kappa shape index (κ3) is 4.61. The van der Waals surface area contributed by atoms with Crippen molar-refractivity contribution in [2.75, 3.05) is 13.1 Å². The number of hydrogen-bond donors (Lipinski definition) is 1. The fraction of sp³-hybridized carbons (Fsp3) is 0.400. The van der Waals surface area contributed by atoms with Gasteiger partial charge in [-0.15, -0.1) is 0 Å². The Balaban J connectivity index is 1.51. The predicted molar refractivity (Wildman–Crippen MR) is 122 cm³/mol. The Bertz CT molecular complexity index is 1050. The van der Waals surface area contributed by atoms with Crippen LogP contribution in [0.4, 0.5) is 0 Å². The van der Waals surface area contributed by atoms with Crippen molar-refractivity contribution in [1.82, 2.24) is 20.0 Å². The molecule has 1 unspecified atom stereocenters. The molecule has 3 heterocycles. The lowest BCUT2D eigenvalue weighted by Gasteiger charge is -2.32. The van der Waals surface area contributed by atoms with E-state index in [2.05, 4.69) is 24.3 Å². The minimum atomic E-state index is -0.0893. The van der Waals surface area contributed by atoms with Crippen molar-refractivity contribution in [3.8, 4) is 17.1 Å². The molecule has 0 bridgehead atoms. The molecule has 7 nitrogen and oxygen atoms in total. The van der Waals surface area contributed by atoms with Gasteiger partial charge >= 0.3 is 0 Å². The Kier molecular flexibility index (Phi) is 6.44. The first kappa shape index (κ1) is 21.9. The maximum absolute atomic E-state index is 13.5. The zero-order valence-electron chi connectivity index (χ0n) is 18.8. The van der Waals surface area contributed by atoms with Gasteiger partial charge in [-0.3, -0.25) is 9.59 Å². The van der Waals surface area contributed by atoms with E-state index in [4.69, 9.17) is 4.42 Å². The summed E-state index contributed by atoms with van der Waals surface area (Å²) < 4.78 is 7.16. The maximum atomic E-state index is 13.5. The van der Waals surface area contributed by atoms with Crippen LogP contribution >= 0.6 is 0 Å². The van der Waals surface area contributed by atoms with E-state index in [0.717, 1.165) is 5.69 Å². The van der Waals surface area contributed by atoms with E-state index in [0.29, 0.717) is 49.0 Å². The second-order valence-electron chi connectivity index (χ2n) is 8.75. The standard InChI is InChI=1S/C25H30N4O3/c1-17(2)18(3)26-24(30)19-11-13-28(14-12-19)25(31)22-16-21(23-10-7-15-32-23)27-29(22)20-8-5-4-6-9-20/h4-10,15-19H,11-14H2,1-3H3,(H,26,30). The van der Waals surface area contributed by atoms with Crippen LogP contribution in [0.25, 0.3) is 17.1 Å². The highest BCUT2D eigenvalue weighted by Gasteiger charge is 2.30. The number of benzene rings is 1. The Labute approximate surface area is 188 Å².